The van der Waals surface area contributed by atoms with Gasteiger partial charge in [-0.15, -0.1) is 0 Å². The number of nitrogens with zero attached hydrogens (tertiary/aromatic N) is 3. The molecule has 4 rings (SSSR count). The Kier molecular flexibility index (Phi) is 4.50. The van der Waals surface area contributed by atoms with Crippen LogP contribution < -0.4 is 15.4 Å². The molecule has 0 spiro atoms. The third-order valence-corrected chi connectivity index (χ3v) is 4.88. The molecule has 2 N–H and O–H groups in total. The molecule has 2 aromatic carbocycles. The fourth-order valence-corrected chi connectivity index (χ4v) is 3.61. The minimum absolute atomic E-state index is 0.102. The zero-order valence-corrected chi connectivity index (χ0v) is 15.2. The Bertz CT molecular complexity index is 940. The third-order valence-electron chi connectivity index (χ3n) is 4.88. The van der Waals surface area contributed by atoms with E-state index in [0.29, 0.717) is 17.4 Å². The summed E-state index contributed by atoms with van der Waals surface area (Å²) >= 11 is 0. The molecule has 7 heteroatoms. The first kappa shape index (κ1) is 17.1. The van der Waals surface area contributed by atoms with Crippen LogP contribution in [-0.4, -0.2) is 33.8 Å². The highest BCUT2D eigenvalue weighted by Crippen LogP contribution is 2.36. The van der Waals surface area contributed by atoms with E-state index >= 15 is 0 Å². The van der Waals surface area contributed by atoms with Gasteiger partial charge < -0.3 is 15.4 Å². The van der Waals surface area contributed by atoms with Crippen LogP contribution in [0, 0.1) is 5.92 Å². The smallest absolute Gasteiger partial charge is 0.232 e. The van der Waals surface area contributed by atoms with Gasteiger partial charge in [0.25, 0.3) is 0 Å². The number of ether oxygens (including phenoxy) is 1. The van der Waals surface area contributed by atoms with Gasteiger partial charge in [-0.2, -0.15) is 10.1 Å². The molecule has 0 aliphatic carbocycles. The van der Waals surface area contributed by atoms with Crippen molar-refractivity contribution in [2.45, 2.75) is 19.0 Å². The van der Waals surface area contributed by atoms with Crippen LogP contribution in [0.15, 0.2) is 60.9 Å². The maximum atomic E-state index is 13.3. The molecule has 0 saturated carbocycles. The Morgan fingerprint density at radius 2 is 1.89 bits per heavy atom. The number of para-hydroxylation sites is 2. The molecule has 0 fully saturated rings. The van der Waals surface area contributed by atoms with Crippen molar-refractivity contribution < 1.29 is 9.53 Å². The number of methoxy groups -OCH3 is 1. The summed E-state index contributed by atoms with van der Waals surface area (Å²) in [4.78, 5) is 17.6. The molecule has 1 aliphatic rings. The van der Waals surface area contributed by atoms with E-state index in [1.165, 1.54) is 6.33 Å². The predicted octanol–water partition coefficient (Wildman–Crippen LogP) is 2.95. The summed E-state index contributed by atoms with van der Waals surface area (Å²) < 4.78 is 7.14. The fraction of sp³-hybridized carbons (Fsp3) is 0.250. The highest BCUT2D eigenvalue weighted by atomic mass is 16.5. The van der Waals surface area contributed by atoms with Crippen molar-refractivity contribution in [2.75, 3.05) is 17.7 Å². The van der Waals surface area contributed by atoms with Gasteiger partial charge in [0, 0.05) is 6.04 Å². The third kappa shape index (κ3) is 3.12. The summed E-state index contributed by atoms with van der Waals surface area (Å²) in [6, 6.07) is 16.9. The summed E-state index contributed by atoms with van der Waals surface area (Å²) in [5.41, 5.74) is 1.66. The number of fused-ring (bicyclic) bond motifs is 1. The van der Waals surface area contributed by atoms with Crippen LogP contribution >= 0.6 is 0 Å². The van der Waals surface area contributed by atoms with E-state index in [2.05, 4.69) is 20.7 Å². The van der Waals surface area contributed by atoms with Gasteiger partial charge in [-0.1, -0.05) is 42.5 Å². The van der Waals surface area contributed by atoms with Crippen molar-refractivity contribution in [3.63, 3.8) is 0 Å². The first-order valence-corrected chi connectivity index (χ1v) is 8.84. The van der Waals surface area contributed by atoms with E-state index in [0.717, 1.165) is 5.56 Å². The number of hydrogen-bond donors (Lipinski definition) is 2. The minimum Gasteiger partial charge on any atom is -0.495 e. The number of carbonyl (C=O) groups is 1. The lowest BCUT2D eigenvalue weighted by Crippen LogP contribution is -2.46. The molecule has 0 unspecified atom stereocenters. The van der Waals surface area contributed by atoms with Crippen LogP contribution in [-0.2, 0) is 4.79 Å². The normalized spacial score (nSPS) is 21.0. The average Bonchev–Trinajstić information content (AvgIpc) is 3.15. The maximum Gasteiger partial charge on any atom is 0.232 e. The van der Waals surface area contributed by atoms with Crippen LogP contribution in [0.4, 0.5) is 11.6 Å². The molecule has 1 aliphatic heterocycles. The number of benzene rings is 2. The summed E-state index contributed by atoms with van der Waals surface area (Å²) in [6.45, 7) is 1.99. The molecular weight excluding hydrogens is 342 g/mol. The standard InChI is InChI=1S/C20H21N5O2/c1-13-17(19(26)24-15-10-6-7-11-16(15)27-2)18(14-8-4-3-5-9-14)25-20(23-13)21-12-22-25/h3-13,17-18H,1-2H3,(H,24,26)(H,21,22,23)/t13-,17-,18-/m0/s1. The number of amides is 1. The molecule has 1 aromatic heterocycles. The second-order valence-corrected chi connectivity index (χ2v) is 6.53. The fourth-order valence-electron chi connectivity index (χ4n) is 3.61. The van der Waals surface area contributed by atoms with E-state index in [1.807, 2.05) is 61.5 Å². The summed E-state index contributed by atoms with van der Waals surface area (Å²) in [5, 5.41) is 10.7. The van der Waals surface area contributed by atoms with Gasteiger partial charge in [-0.25, -0.2) is 4.68 Å². The lowest BCUT2D eigenvalue weighted by Gasteiger charge is -2.36. The Labute approximate surface area is 157 Å². The first-order chi connectivity index (χ1) is 13.2. The topological polar surface area (TPSA) is 81.1 Å². The van der Waals surface area contributed by atoms with Crippen molar-refractivity contribution in [1.29, 1.82) is 0 Å². The number of rotatable bonds is 4. The molecule has 1 amide bonds. The average molecular weight is 363 g/mol. The van der Waals surface area contributed by atoms with Crippen LogP contribution in [0.5, 0.6) is 5.75 Å². The van der Waals surface area contributed by atoms with E-state index < -0.39 is 0 Å². The molecule has 2 heterocycles. The van der Waals surface area contributed by atoms with Crippen LogP contribution in [0.3, 0.4) is 0 Å². The lowest BCUT2D eigenvalue weighted by atomic mass is 9.85. The lowest BCUT2D eigenvalue weighted by molar-refractivity contribution is -0.121. The van der Waals surface area contributed by atoms with Gasteiger partial charge in [0.05, 0.1) is 24.8 Å². The first-order valence-electron chi connectivity index (χ1n) is 8.84. The Balaban J connectivity index is 1.72. The Morgan fingerprint density at radius 3 is 2.67 bits per heavy atom. The molecule has 3 atom stereocenters. The van der Waals surface area contributed by atoms with Crippen molar-refractivity contribution >= 4 is 17.5 Å². The van der Waals surface area contributed by atoms with Crippen LogP contribution in [0.2, 0.25) is 0 Å². The Hall–Kier alpha value is -3.35. The predicted molar refractivity (Wildman–Crippen MR) is 103 cm³/mol. The number of aromatic nitrogens is 3. The SMILES string of the molecule is COc1ccccc1NC(=O)[C@H]1[C@H](C)Nc2ncnn2[C@H]1c1ccccc1. The van der Waals surface area contributed by atoms with Gasteiger partial charge in [0.2, 0.25) is 11.9 Å². The molecule has 3 aromatic rings. The van der Waals surface area contributed by atoms with E-state index in [-0.39, 0.29) is 23.9 Å². The quantitative estimate of drug-likeness (QED) is 0.745. The van der Waals surface area contributed by atoms with Crippen LogP contribution in [0.25, 0.3) is 0 Å². The largest absolute Gasteiger partial charge is 0.495 e. The molecule has 0 bridgehead atoms. The maximum absolute atomic E-state index is 13.3. The summed E-state index contributed by atoms with van der Waals surface area (Å²) in [5.74, 6) is 0.804. The zero-order valence-electron chi connectivity index (χ0n) is 15.2. The van der Waals surface area contributed by atoms with Crippen LogP contribution in [0.1, 0.15) is 18.5 Å². The van der Waals surface area contributed by atoms with Gasteiger partial charge >= 0.3 is 0 Å². The number of nitrogens with one attached hydrogen (secondary N) is 2. The van der Waals surface area contributed by atoms with Gasteiger partial charge in [-0.3, -0.25) is 4.79 Å². The number of hydrogen-bond acceptors (Lipinski definition) is 5. The van der Waals surface area contributed by atoms with Crippen molar-refractivity contribution in [2.24, 2.45) is 5.92 Å². The molecule has 0 saturated heterocycles. The minimum atomic E-state index is -0.383. The van der Waals surface area contributed by atoms with E-state index in [4.69, 9.17) is 4.74 Å². The molecular formula is C20H21N5O2. The summed E-state index contributed by atoms with van der Waals surface area (Å²) in [7, 11) is 1.59. The van der Waals surface area contributed by atoms with Crippen molar-refractivity contribution in [3.05, 3.63) is 66.5 Å². The van der Waals surface area contributed by atoms with E-state index in [9.17, 15) is 4.79 Å². The van der Waals surface area contributed by atoms with Gasteiger partial charge in [0.1, 0.15) is 12.1 Å². The number of carbonyl (C=O) groups excluding carboxylic acids is 1. The summed E-state index contributed by atoms with van der Waals surface area (Å²) in [6.07, 6.45) is 1.51. The van der Waals surface area contributed by atoms with E-state index in [1.54, 1.807) is 11.8 Å². The van der Waals surface area contributed by atoms with Gasteiger partial charge in [0.15, 0.2) is 0 Å². The monoisotopic (exact) mass is 363 g/mol. The van der Waals surface area contributed by atoms with Crippen molar-refractivity contribution in [3.8, 4) is 5.75 Å². The van der Waals surface area contributed by atoms with Gasteiger partial charge in [-0.05, 0) is 24.6 Å². The molecule has 0 radical (unpaired) electrons. The van der Waals surface area contributed by atoms with Crippen molar-refractivity contribution in [1.82, 2.24) is 14.8 Å². The number of anilines is 2. The second-order valence-electron chi connectivity index (χ2n) is 6.53. The molecule has 7 nitrogen and oxygen atoms in total. The highest BCUT2D eigenvalue weighted by Gasteiger charge is 2.41. The molecule has 27 heavy (non-hydrogen) atoms. The second kappa shape index (κ2) is 7.11. The molecule has 138 valence electrons. The Morgan fingerprint density at radius 1 is 1.15 bits per heavy atom. The highest BCUT2D eigenvalue weighted by molar-refractivity contribution is 5.95. The zero-order chi connectivity index (χ0) is 18.8.